The molecule has 1 aliphatic rings. The average molecular weight is 208 g/mol. The maximum Gasteiger partial charge on any atom is 0.0798 e. The van der Waals surface area contributed by atoms with Crippen LogP contribution in [0.5, 0.6) is 0 Å². The Balaban J connectivity index is 2.40. The Morgan fingerprint density at radius 1 is 1.53 bits per heavy atom. The molecule has 0 amide bonds. The monoisotopic (exact) mass is 208 g/mol. The average Bonchev–Trinajstić information content (AvgIpc) is 2.59. The van der Waals surface area contributed by atoms with Crippen LogP contribution in [0.3, 0.4) is 0 Å². The second-order valence-electron chi connectivity index (χ2n) is 4.37. The van der Waals surface area contributed by atoms with Gasteiger partial charge in [-0.15, -0.1) is 0 Å². The molecule has 0 radical (unpaired) electrons. The molecule has 1 aromatic heterocycles. The standard InChI is InChI=1S/C11H20N4/c1-8(2)15-11-7-13-5-4-9(11)10(14-15)6-12-3/h8,12-13H,4-7H2,1-3H3. The smallest absolute Gasteiger partial charge is 0.0798 e. The zero-order valence-electron chi connectivity index (χ0n) is 9.80. The molecule has 0 spiro atoms. The van der Waals surface area contributed by atoms with E-state index in [-0.39, 0.29) is 0 Å². The van der Waals surface area contributed by atoms with Crippen LogP contribution in [-0.4, -0.2) is 23.4 Å². The number of nitrogens with one attached hydrogen (secondary N) is 2. The first-order valence-electron chi connectivity index (χ1n) is 5.68. The van der Waals surface area contributed by atoms with Gasteiger partial charge in [0.2, 0.25) is 0 Å². The summed E-state index contributed by atoms with van der Waals surface area (Å²) in [6, 6.07) is 0.448. The number of aromatic nitrogens is 2. The SMILES string of the molecule is CNCc1nn(C(C)C)c2c1CCNC2. The molecule has 0 fully saturated rings. The van der Waals surface area contributed by atoms with E-state index in [4.69, 9.17) is 5.10 Å². The van der Waals surface area contributed by atoms with Crippen LogP contribution in [0.1, 0.15) is 36.8 Å². The Labute approximate surface area is 91.1 Å². The first-order chi connectivity index (χ1) is 7.24. The van der Waals surface area contributed by atoms with Gasteiger partial charge in [0.05, 0.1) is 11.4 Å². The molecule has 2 rings (SSSR count). The van der Waals surface area contributed by atoms with E-state index in [9.17, 15) is 0 Å². The molecule has 15 heavy (non-hydrogen) atoms. The van der Waals surface area contributed by atoms with Crippen LogP contribution in [-0.2, 0) is 19.5 Å². The van der Waals surface area contributed by atoms with E-state index in [1.165, 1.54) is 17.0 Å². The highest BCUT2D eigenvalue weighted by Crippen LogP contribution is 2.21. The summed E-state index contributed by atoms with van der Waals surface area (Å²) in [4.78, 5) is 0. The molecular weight excluding hydrogens is 188 g/mol. The fourth-order valence-electron chi connectivity index (χ4n) is 2.19. The highest BCUT2D eigenvalue weighted by atomic mass is 15.3. The van der Waals surface area contributed by atoms with Gasteiger partial charge in [0.15, 0.2) is 0 Å². The molecule has 0 aliphatic carbocycles. The molecule has 0 atom stereocenters. The quantitative estimate of drug-likeness (QED) is 0.773. The Morgan fingerprint density at radius 2 is 2.33 bits per heavy atom. The van der Waals surface area contributed by atoms with Crippen molar-refractivity contribution in [2.75, 3.05) is 13.6 Å². The molecule has 4 heteroatoms. The number of nitrogens with zero attached hydrogens (tertiary/aromatic N) is 2. The minimum atomic E-state index is 0.448. The minimum absolute atomic E-state index is 0.448. The molecule has 0 saturated carbocycles. The van der Waals surface area contributed by atoms with E-state index in [2.05, 4.69) is 29.2 Å². The van der Waals surface area contributed by atoms with Crippen LogP contribution in [0.15, 0.2) is 0 Å². The normalized spacial score (nSPS) is 15.7. The third kappa shape index (κ3) is 1.92. The molecule has 0 unspecified atom stereocenters. The number of fused-ring (bicyclic) bond motifs is 1. The molecular formula is C11H20N4. The lowest BCUT2D eigenvalue weighted by Crippen LogP contribution is -2.26. The number of hydrogen-bond donors (Lipinski definition) is 2. The molecule has 1 aromatic rings. The zero-order valence-corrected chi connectivity index (χ0v) is 9.80. The van der Waals surface area contributed by atoms with Crippen molar-refractivity contribution in [1.29, 1.82) is 0 Å². The van der Waals surface area contributed by atoms with Crippen LogP contribution in [0.25, 0.3) is 0 Å². The molecule has 1 aliphatic heterocycles. The summed E-state index contributed by atoms with van der Waals surface area (Å²) in [7, 11) is 1.97. The second kappa shape index (κ2) is 4.33. The largest absolute Gasteiger partial charge is 0.314 e. The van der Waals surface area contributed by atoms with Crippen LogP contribution in [0.4, 0.5) is 0 Å². The van der Waals surface area contributed by atoms with Gasteiger partial charge < -0.3 is 10.6 Å². The summed E-state index contributed by atoms with van der Waals surface area (Å²) in [5.74, 6) is 0. The molecule has 2 N–H and O–H groups in total. The van der Waals surface area contributed by atoms with Crippen LogP contribution >= 0.6 is 0 Å². The third-order valence-electron chi connectivity index (χ3n) is 2.88. The fourth-order valence-corrected chi connectivity index (χ4v) is 2.19. The highest BCUT2D eigenvalue weighted by molar-refractivity contribution is 5.29. The zero-order chi connectivity index (χ0) is 10.8. The predicted octanol–water partition coefficient (Wildman–Crippen LogP) is 0.829. The van der Waals surface area contributed by atoms with Gasteiger partial charge in [-0.1, -0.05) is 0 Å². The molecule has 2 heterocycles. The first kappa shape index (κ1) is 10.6. The third-order valence-corrected chi connectivity index (χ3v) is 2.88. The maximum absolute atomic E-state index is 4.70. The van der Waals surface area contributed by atoms with Crippen molar-refractivity contribution >= 4 is 0 Å². The van der Waals surface area contributed by atoms with E-state index in [0.717, 1.165) is 26.1 Å². The van der Waals surface area contributed by atoms with Gasteiger partial charge in [-0.2, -0.15) is 5.10 Å². The van der Waals surface area contributed by atoms with Crippen molar-refractivity contribution in [2.45, 2.75) is 39.4 Å². The Morgan fingerprint density at radius 3 is 3.00 bits per heavy atom. The summed E-state index contributed by atoms with van der Waals surface area (Å²) in [6.45, 7) is 7.29. The first-order valence-corrected chi connectivity index (χ1v) is 5.68. The number of rotatable bonds is 3. The maximum atomic E-state index is 4.70. The van der Waals surface area contributed by atoms with Crippen molar-refractivity contribution in [3.05, 3.63) is 17.0 Å². The second-order valence-corrected chi connectivity index (χ2v) is 4.37. The Bertz CT molecular complexity index is 341. The summed E-state index contributed by atoms with van der Waals surface area (Å²) in [5, 5.41) is 11.3. The predicted molar refractivity (Wildman–Crippen MR) is 60.8 cm³/mol. The minimum Gasteiger partial charge on any atom is -0.314 e. The van der Waals surface area contributed by atoms with Crippen molar-refractivity contribution < 1.29 is 0 Å². The summed E-state index contributed by atoms with van der Waals surface area (Å²) < 4.78 is 2.16. The van der Waals surface area contributed by atoms with Gasteiger partial charge in [-0.05, 0) is 33.9 Å². The highest BCUT2D eigenvalue weighted by Gasteiger charge is 2.20. The fraction of sp³-hybridized carbons (Fsp3) is 0.727. The van der Waals surface area contributed by atoms with Crippen LogP contribution in [0.2, 0.25) is 0 Å². The Hall–Kier alpha value is -0.870. The van der Waals surface area contributed by atoms with Gasteiger partial charge in [0.25, 0.3) is 0 Å². The van der Waals surface area contributed by atoms with Crippen molar-refractivity contribution in [3.8, 4) is 0 Å². The van der Waals surface area contributed by atoms with E-state index >= 15 is 0 Å². The van der Waals surface area contributed by atoms with E-state index in [0.29, 0.717) is 6.04 Å². The Kier molecular flexibility index (Phi) is 3.07. The lowest BCUT2D eigenvalue weighted by molar-refractivity contribution is 0.483. The molecule has 84 valence electrons. The van der Waals surface area contributed by atoms with Gasteiger partial charge in [-0.3, -0.25) is 4.68 Å². The molecule has 0 bridgehead atoms. The van der Waals surface area contributed by atoms with Crippen molar-refractivity contribution in [1.82, 2.24) is 20.4 Å². The summed E-state index contributed by atoms with van der Waals surface area (Å²) in [6.07, 6.45) is 1.11. The van der Waals surface area contributed by atoms with E-state index in [1.807, 2.05) is 7.05 Å². The topological polar surface area (TPSA) is 41.9 Å². The van der Waals surface area contributed by atoms with E-state index in [1.54, 1.807) is 0 Å². The lowest BCUT2D eigenvalue weighted by Gasteiger charge is -2.17. The lowest BCUT2D eigenvalue weighted by atomic mass is 10.1. The molecule has 4 nitrogen and oxygen atoms in total. The van der Waals surface area contributed by atoms with Gasteiger partial charge >= 0.3 is 0 Å². The van der Waals surface area contributed by atoms with Gasteiger partial charge in [-0.25, -0.2) is 0 Å². The van der Waals surface area contributed by atoms with Crippen LogP contribution in [0, 0.1) is 0 Å². The molecule has 0 aromatic carbocycles. The van der Waals surface area contributed by atoms with Gasteiger partial charge in [0.1, 0.15) is 0 Å². The van der Waals surface area contributed by atoms with E-state index < -0.39 is 0 Å². The molecule has 0 saturated heterocycles. The summed E-state index contributed by atoms with van der Waals surface area (Å²) >= 11 is 0. The van der Waals surface area contributed by atoms with Crippen LogP contribution < -0.4 is 10.6 Å². The van der Waals surface area contributed by atoms with Crippen molar-refractivity contribution in [2.24, 2.45) is 0 Å². The van der Waals surface area contributed by atoms with Crippen molar-refractivity contribution in [3.63, 3.8) is 0 Å². The number of hydrogen-bond acceptors (Lipinski definition) is 3. The van der Waals surface area contributed by atoms with Gasteiger partial charge in [0, 0.05) is 24.7 Å². The summed E-state index contributed by atoms with van der Waals surface area (Å²) in [5.41, 5.74) is 4.06.